The number of amides is 1. The minimum absolute atomic E-state index is 0.00810. The van der Waals surface area contributed by atoms with Gasteiger partial charge in [-0.2, -0.15) is 0 Å². The molecule has 1 fully saturated rings. The molecule has 1 heterocycles. The molecule has 0 bridgehead atoms. The predicted molar refractivity (Wildman–Crippen MR) is 81.2 cm³/mol. The van der Waals surface area contributed by atoms with E-state index in [1.807, 2.05) is 19.1 Å². The highest BCUT2D eigenvalue weighted by Crippen LogP contribution is 2.27. The van der Waals surface area contributed by atoms with E-state index < -0.39 is 0 Å². The molecule has 0 unspecified atom stereocenters. The largest absolute Gasteiger partial charge is 0.411 e. The average molecular weight is 324 g/mol. The van der Waals surface area contributed by atoms with Crippen LogP contribution in [0.5, 0.6) is 0 Å². The molecule has 7 heteroatoms. The van der Waals surface area contributed by atoms with Crippen molar-refractivity contribution in [3.05, 3.63) is 29.3 Å². The van der Waals surface area contributed by atoms with Gasteiger partial charge in [-0.05, 0) is 44.0 Å². The summed E-state index contributed by atoms with van der Waals surface area (Å²) in [5, 5.41) is 11.7. The van der Waals surface area contributed by atoms with E-state index >= 15 is 0 Å². The van der Waals surface area contributed by atoms with Gasteiger partial charge in [0.1, 0.15) is 0 Å². The van der Waals surface area contributed by atoms with Crippen molar-refractivity contribution < 1.29 is 9.21 Å². The second-order valence-electron chi connectivity index (χ2n) is 4.92. The van der Waals surface area contributed by atoms with Crippen LogP contribution in [-0.4, -0.2) is 27.4 Å². The van der Waals surface area contributed by atoms with Crippen molar-refractivity contribution in [3.8, 4) is 11.5 Å². The molecule has 5 nitrogen and oxygen atoms in total. The maximum Gasteiger partial charge on any atom is 0.277 e. The summed E-state index contributed by atoms with van der Waals surface area (Å²) < 4.78 is 5.57. The molecule has 0 spiro atoms. The van der Waals surface area contributed by atoms with Gasteiger partial charge < -0.3 is 9.73 Å². The van der Waals surface area contributed by atoms with E-state index in [0.29, 0.717) is 22.2 Å². The molecule has 1 aliphatic rings. The van der Waals surface area contributed by atoms with Crippen molar-refractivity contribution in [1.82, 2.24) is 15.5 Å². The van der Waals surface area contributed by atoms with Crippen LogP contribution in [0, 0.1) is 0 Å². The number of aromatic nitrogens is 2. The topological polar surface area (TPSA) is 68.0 Å². The summed E-state index contributed by atoms with van der Waals surface area (Å²) in [6.45, 7) is 1.83. The smallest absolute Gasteiger partial charge is 0.277 e. The highest BCUT2D eigenvalue weighted by molar-refractivity contribution is 8.00. The summed E-state index contributed by atoms with van der Waals surface area (Å²) >= 11 is 7.10. The molecule has 1 aliphatic carbocycles. The van der Waals surface area contributed by atoms with Crippen LogP contribution in [-0.2, 0) is 4.79 Å². The van der Waals surface area contributed by atoms with E-state index in [4.69, 9.17) is 16.0 Å². The fourth-order valence-electron chi connectivity index (χ4n) is 1.72. The van der Waals surface area contributed by atoms with Crippen molar-refractivity contribution in [3.63, 3.8) is 0 Å². The Kier molecular flexibility index (Phi) is 4.17. The second-order valence-corrected chi connectivity index (χ2v) is 6.65. The Bertz CT molecular complexity index is 640. The summed E-state index contributed by atoms with van der Waals surface area (Å²) in [4.78, 5) is 11.9. The van der Waals surface area contributed by atoms with Crippen molar-refractivity contribution >= 4 is 29.3 Å². The average Bonchev–Trinajstić information content (AvgIpc) is 3.16. The van der Waals surface area contributed by atoms with Gasteiger partial charge in [0, 0.05) is 16.6 Å². The molecule has 0 radical (unpaired) electrons. The molecule has 21 heavy (non-hydrogen) atoms. The SMILES string of the molecule is C[C@H](Sc1nnc(-c2ccc(Cl)cc2)o1)C(=O)NC1CC1. The molecular formula is C14H14ClN3O2S. The zero-order valence-corrected chi connectivity index (χ0v) is 12.9. The van der Waals surface area contributed by atoms with Gasteiger partial charge in [0.2, 0.25) is 11.8 Å². The van der Waals surface area contributed by atoms with E-state index in [9.17, 15) is 4.79 Å². The normalized spacial score (nSPS) is 15.7. The number of carbonyl (C=O) groups is 1. The van der Waals surface area contributed by atoms with E-state index in [1.165, 1.54) is 11.8 Å². The first-order chi connectivity index (χ1) is 10.1. The van der Waals surface area contributed by atoms with Gasteiger partial charge in [-0.15, -0.1) is 10.2 Å². The molecule has 1 saturated carbocycles. The molecule has 3 rings (SSSR count). The van der Waals surface area contributed by atoms with Crippen molar-refractivity contribution in [1.29, 1.82) is 0 Å². The minimum atomic E-state index is -0.260. The molecule has 1 atom stereocenters. The second kappa shape index (κ2) is 6.07. The lowest BCUT2D eigenvalue weighted by molar-refractivity contribution is -0.120. The van der Waals surface area contributed by atoms with Gasteiger partial charge in [-0.1, -0.05) is 23.4 Å². The first-order valence-corrected chi connectivity index (χ1v) is 7.94. The first kappa shape index (κ1) is 14.4. The Hall–Kier alpha value is -1.53. The third-order valence-electron chi connectivity index (χ3n) is 3.07. The summed E-state index contributed by atoms with van der Waals surface area (Å²) in [5.41, 5.74) is 0.800. The lowest BCUT2D eigenvalue weighted by Crippen LogP contribution is -2.32. The number of benzene rings is 1. The lowest BCUT2D eigenvalue weighted by atomic mass is 10.2. The van der Waals surface area contributed by atoms with Crippen molar-refractivity contribution in [2.45, 2.75) is 36.3 Å². The molecule has 110 valence electrons. The van der Waals surface area contributed by atoms with E-state index in [2.05, 4.69) is 15.5 Å². The number of halogens is 1. The van der Waals surface area contributed by atoms with Crippen LogP contribution in [0.3, 0.4) is 0 Å². The number of rotatable bonds is 5. The third-order valence-corrected chi connectivity index (χ3v) is 4.25. The Labute approximate surface area is 131 Å². The van der Waals surface area contributed by atoms with Crippen LogP contribution >= 0.6 is 23.4 Å². The Morgan fingerprint density at radius 3 is 2.76 bits per heavy atom. The molecule has 0 saturated heterocycles. The fraction of sp³-hybridized carbons (Fsp3) is 0.357. The number of carbonyl (C=O) groups excluding carboxylic acids is 1. The fourth-order valence-corrected chi connectivity index (χ4v) is 2.54. The van der Waals surface area contributed by atoms with Crippen molar-refractivity contribution in [2.24, 2.45) is 0 Å². The number of hydrogen-bond donors (Lipinski definition) is 1. The van der Waals surface area contributed by atoms with Crippen LogP contribution in [0.1, 0.15) is 19.8 Å². The number of thioether (sulfide) groups is 1. The quantitative estimate of drug-likeness (QED) is 0.856. The monoisotopic (exact) mass is 323 g/mol. The van der Waals surface area contributed by atoms with Crippen LogP contribution in [0.2, 0.25) is 5.02 Å². The summed E-state index contributed by atoms with van der Waals surface area (Å²) in [6.07, 6.45) is 2.15. The predicted octanol–water partition coefficient (Wildman–Crippen LogP) is 3.15. The van der Waals surface area contributed by atoms with Gasteiger partial charge in [-0.25, -0.2) is 0 Å². The van der Waals surface area contributed by atoms with Crippen LogP contribution in [0.25, 0.3) is 11.5 Å². The molecule has 2 aromatic rings. The number of nitrogens with zero attached hydrogens (tertiary/aromatic N) is 2. The molecule has 1 aromatic carbocycles. The zero-order valence-electron chi connectivity index (χ0n) is 11.4. The number of nitrogens with one attached hydrogen (secondary N) is 1. The Morgan fingerprint density at radius 2 is 2.10 bits per heavy atom. The highest BCUT2D eigenvalue weighted by Gasteiger charge is 2.27. The Morgan fingerprint density at radius 1 is 1.38 bits per heavy atom. The first-order valence-electron chi connectivity index (χ1n) is 6.68. The molecular weight excluding hydrogens is 310 g/mol. The standard InChI is InChI=1S/C14H14ClN3O2S/c1-8(12(19)16-11-6-7-11)21-14-18-17-13(20-14)9-2-4-10(15)5-3-9/h2-5,8,11H,6-7H2,1H3,(H,16,19)/t8-/m0/s1. The molecule has 0 aliphatic heterocycles. The van der Waals surface area contributed by atoms with E-state index in [1.54, 1.807) is 12.1 Å². The summed E-state index contributed by atoms with van der Waals surface area (Å²) in [7, 11) is 0. The van der Waals surface area contributed by atoms with Crippen LogP contribution < -0.4 is 5.32 Å². The van der Waals surface area contributed by atoms with Gasteiger partial charge in [0.05, 0.1) is 5.25 Å². The van der Waals surface area contributed by atoms with Gasteiger partial charge in [0.15, 0.2) is 0 Å². The molecule has 1 N–H and O–H groups in total. The maximum absolute atomic E-state index is 11.9. The van der Waals surface area contributed by atoms with Crippen LogP contribution in [0.15, 0.2) is 33.9 Å². The maximum atomic E-state index is 11.9. The summed E-state index contributed by atoms with van der Waals surface area (Å²) in [5.74, 6) is 0.428. The lowest BCUT2D eigenvalue weighted by Gasteiger charge is -2.08. The highest BCUT2D eigenvalue weighted by atomic mass is 35.5. The zero-order chi connectivity index (χ0) is 14.8. The number of hydrogen-bond acceptors (Lipinski definition) is 5. The third kappa shape index (κ3) is 3.77. The summed E-state index contributed by atoms with van der Waals surface area (Å²) in [6, 6.07) is 7.51. The van der Waals surface area contributed by atoms with Gasteiger partial charge in [-0.3, -0.25) is 4.79 Å². The van der Waals surface area contributed by atoms with Gasteiger partial charge >= 0.3 is 0 Å². The minimum Gasteiger partial charge on any atom is -0.411 e. The molecule has 1 amide bonds. The van der Waals surface area contributed by atoms with Crippen molar-refractivity contribution in [2.75, 3.05) is 0 Å². The van der Waals surface area contributed by atoms with Crippen LogP contribution in [0.4, 0.5) is 0 Å². The van der Waals surface area contributed by atoms with E-state index in [0.717, 1.165) is 18.4 Å². The molecule has 1 aromatic heterocycles. The Balaban J connectivity index is 1.64. The van der Waals surface area contributed by atoms with E-state index in [-0.39, 0.29) is 11.2 Å². The van der Waals surface area contributed by atoms with Gasteiger partial charge in [0.25, 0.3) is 5.22 Å².